The molecule has 1 aromatic rings. The molecule has 0 saturated carbocycles. The summed E-state index contributed by atoms with van der Waals surface area (Å²) in [6.07, 6.45) is 0. The summed E-state index contributed by atoms with van der Waals surface area (Å²) in [5.74, 6) is -0.988. The van der Waals surface area contributed by atoms with Gasteiger partial charge in [-0.15, -0.1) is 0 Å². The number of hydrogen-bond acceptors (Lipinski definition) is 4. The van der Waals surface area contributed by atoms with Gasteiger partial charge < -0.3 is 10.4 Å². The number of H-pyrrole nitrogens is 1. The first-order valence-corrected chi connectivity index (χ1v) is 4.96. The van der Waals surface area contributed by atoms with Gasteiger partial charge in [0.2, 0.25) is 0 Å². The van der Waals surface area contributed by atoms with Crippen molar-refractivity contribution < 1.29 is 9.90 Å². The molecule has 1 aliphatic rings. The minimum Gasteiger partial charge on any atom is -0.476 e. The molecule has 0 bridgehead atoms. The predicted octanol–water partition coefficient (Wildman–Crippen LogP) is -0.487. The van der Waals surface area contributed by atoms with E-state index in [1.54, 1.807) is 6.07 Å². The highest BCUT2D eigenvalue weighted by molar-refractivity contribution is 5.85. The van der Waals surface area contributed by atoms with Crippen molar-refractivity contribution in [1.29, 1.82) is 0 Å². The molecule has 3 N–H and O–H groups in total. The molecule has 0 unspecified atom stereocenters. The van der Waals surface area contributed by atoms with Crippen molar-refractivity contribution in [2.75, 3.05) is 26.2 Å². The van der Waals surface area contributed by atoms with Crippen molar-refractivity contribution in [3.05, 3.63) is 17.5 Å². The smallest absolute Gasteiger partial charge is 0.356 e. The van der Waals surface area contributed by atoms with Gasteiger partial charge in [-0.1, -0.05) is 0 Å². The lowest BCUT2D eigenvalue weighted by Crippen LogP contribution is -2.42. The van der Waals surface area contributed by atoms with Gasteiger partial charge >= 0.3 is 5.97 Å². The maximum Gasteiger partial charge on any atom is 0.356 e. The van der Waals surface area contributed by atoms with E-state index < -0.39 is 5.97 Å². The second-order valence-electron chi connectivity index (χ2n) is 3.61. The van der Waals surface area contributed by atoms with E-state index in [0.29, 0.717) is 0 Å². The van der Waals surface area contributed by atoms with Crippen LogP contribution in [0.3, 0.4) is 0 Å². The first-order valence-electron chi connectivity index (χ1n) is 4.96. The molecule has 0 amide bonds. The lowest BCUT2D eigenvalue weighted by Gasteiger charge is -2.26. The molecular weight excluding hydrogens is 196 g/mol. The van der Waals surface area contributed by atoms with Crippen LogP contribution in [0, 0.1) is 0 Å². The molecule has 82 valence electrons. The first-order chi connectivity index (χ1) is 7.25. The van der Waals surface area contributed by atoms with E-state index in [4.69, 9.17) is 5.11 Å². The number of carboxylic acids is 1. The fourth-order valence-electron chi connectivity index (χ4n) is 1.66. The zero-order valence-corrected chi connectivity index (χ0v) is 8.36. The minimum atomic E-state index is -0.988. The highest BCUT2D eigenvalue weighted by Gasteiger charge is 2.13. The van der Waals surface area contributed by atoms with E-state index in [-0.39, 0.29) is 5.69 Å². The Labute approximate surface area is 87.3 Å². The highest BCUT2D eigenvalue weighted by Crippen LogP contribution is 2.04. The fourth-order valence-corrected chi connectivity index (χ4v) is 1.66. The molecule has 6 heteroatoms. The van der Waals surface area contributed by atoms with Crippen LogP contribution in [-0.4, -0.2) is 52.4 Å². The number of carboxylic acid groups (broad SMARTS) is 1. The van der Waals surface area contributed by atoms with Gasteiger partial charge in [0, 0.05) is 32.7 Å². The van der Waals surface area contributed by atoms with Crippen molar-refractivity contribution in [2.45, 2.75) is 6.54 Å². The predicted molar refractivity (Wildman–Crippen MR) is 53.7 cm³/mol. The van der Waals surface area contributed by atoms with Crippen LogP contribution < -0.4 is 5.32 Å². The molecule has 0 radical (unpaired) electrons. The Morgan fingerprint density at radius 2 is 2.27 bits per heavy atom. The number of carbonyl (C=O) groups is 1. The Morgan fingerprint density at radius 1 is 1.53 bits per heavy atom. The number of aromatic nitrogens is 2. The topological polar surface area (TPSA) is 81.2 Å². The Bertz CT molecular complexity index is 344. The number of nitrogens with one attached hydrogen (secondary N) is 2. The van der Waals surface area contributed by atoms with Crippen LogP contribution in [0.15, 0.2) is 6.07 Å². The maximum absolute atomic E-state index is 10.6. The standard InChI is InChI=1S/C9H14N4O2/c14-9(15)8-5-7(11-12-8)6-13-3-1-10-2-4-13/h5,10H,1-4,6H2,(H,11,12)(H,14,15). The summed E-state index contributed by atoms with van der Waals surface area (Å²) >= 11 is 0. The van der Waals surface area contributed by atoms with Gasteiger partial charge in [0.1, 0.15) is 0 Å². The Morgan fingerprint density at radius 3 is 2.87 bits per heavy atom. The number of piperazine rings is 1. The van der Waals surface area contributed by atoms with Crippen LogP contribution in [0.2, 0.25) is 0 Å². The summed E-state index contributed by atoms with van der Waals surface area (Å²) in [4.78, 5) is 12.9. The quantitative estimate of drug-likeness (QED) is 0.627. The molecule has 1 aliphatic heterocycles. The van der Waals surface area contributed by atoms with Crippen LogP contribution in [0.5, 0.6) is 0 Å². The lowest BCUT2D eigenvalue weighted by atomic mass is 10.3. The minimum absolute atomic E-state index is 0.0835. The Hall–Kier alpha value is -1.40. The third-order valence-corrected chi connectivity index (χ3v) is 2.45. The molecule has 0 atom stereocenters. The van der Waals surface area contributed by atoms with E-state index >= 15 is 0 Å². The summed E-state index contributed by atoms with van der Waals surface area (Å²) < 4.78 is 0. The normalized spacial score (nSPS) is 17.9. The number of hydrogen-bond donors (Lipinski definition) is 3. The molecule has 1 fully saturated rings. The number of rotatable bonds is 3. The van der Waals surface area contributed by atoms with E-state index in [0.717, 1.165) is 38.4 Å². The summed E-state index contributed by atoms with van der Waals surface area (Å²) in [7, 11) is 0. The van der Waals surface area contributed by atoms with Gasteiger partial charge in [0.25, 0.3) is 0 Å². The van der Waals surface area contributed by atoms with Crippen LogP contribution in [0.25, 0.3) is 0 Å². The number of aromatic carboxylic acids is 1. The van der Waals surface area contributed by atoms with Crippen molar-refractivity contribution in [1.82, 2.24) is 20.4 Å². The van der Waals surface area contributed by atoms with E-state index in [1.165, 1.54) is 0 Å². The second kappa shape index (κ2) is 4.41. The average Bonchev–Trinajstić information content (AvgIpc) is 2.68. The van der Waals surface area contributed by atoms with Crippen molar-refractivity contribution >= 4 is 5.97 Å². The fraction of sp³-hybridized carbons (Fsp3) is 0.556. The third kappa shape index (κ3) is 2.54. The van der Waals surface area contributed by atoms with Crippen LogP contribution in [-0.2, 0) is 6.54 Å². The van der Waals surface area contributed by atoms with E-state index in [9.17, 15) is 4.79 Å². The molecule has 6 nitrogen and oxygen atoms in total. The van der Waals surface area contributed by atoms with Crippen LogP contribution in [0.1, 0.15) is 16.2 Å². The number of aromatic amines is 1. The lowest BCUT2D eigenvalue weighted by molar-refractivity contribution is 0.0690. The molecule has 0 aliphatic carbocycles. The zero-order valence-electron chi connectivity index (χ0n) is 8.36. The zero-order chi connectivity index (χ0) is 10.7. The SMILES string of the molecule is O=C(O)c1cc(CN2CCNCC2)[nH]n1. The average molecular weight is 210 g/mol. The highest BCUT2D eigenvalue weighted by atomic mass is 16.4. The van der Waals surface area contributed by atoms with Gasteiger partial charge in [0.05, 0.1) is 5.69 Å². The second-order valence-corrected chi connectivity index (χ2v) is 3.61. The molecule has 15 heavy (non-hydrogen) atoms. The van der Waals surface area contributed by atoms with Gasteiger partial charge in [-0.2, -0.15) is 5.10 Å². The van der Waals surface area contributed by atoms with Crippen molar-refractivity contribution in [3.8, 4) is 0 Å². The summed E-state index contributed by atoms with van der Waals surface area (Å²) in [6, 6.07) is 1.59. The first kappa shape index (κ1) is 10.1. The van der Waals surface area contributed by atoms with E-state index in [2.05, 4.69) is 20.4 Å². The van der Waals surface area contributed by atoms with Crippen LogP contribution in [0.4, 0.5) is 0 Å². The monoisotopic (exact) mass is 210 g/mol. The van der Waals surface area contributed by atoms with Crippen molar-refractivity contribution in [2.24, 2.45) is 0 Å². The Kier molecular flexibility index (Phi) is 2.98. The van der Waals surface area contributed by atoms with Gasteiger partial charge in [-0.3, -0.25) is 10.00 Å². The maximum atomic E-state index is 10.6. The van der Waals surface area contributed by atoms with Crippen molar-refractivity contribution in [3.63, 3.8) is 0 Å². The summed E-state index contributed by atoms with van der Waals surface area (Å²) in [6.45, 7) is 4.69. The van der Waals surface area contributed by atoms with Gasteiger partial charge in [-0.05, 0) is 6.07 Å². The molecule has 2 heterocycles. The third-order valence-electron chi connectivity index (χ3n) is 2.45. The molecule has 1 saturated heterocycles. The molecule has 1 aromatic heterocycles. The Balaban J connectivity index is 1.94. The molecule has 0 spiro atoms. The van der Waals surface area contributed by atoms with Gasteiger partial charge in [-0.25, -0.2) is 4.79 Å². The largest absolute Gasteiger partial charge is 0.476 e. The molecular formula is C9H14N4O2. The molecule has 0 aromatic carbocycles. The van der Waals surface area contributed by atoms with Crippen LogP contribution >= 0.6 is 0 Å². The van der Waals surface area contributed by atoms with Gasteiger partial charge in [0.15, 0.2) is 5.69 Å². The number of nitrogens with zero attached hydrogens (tertiary/aromatic N) is 2. The summed E-state index contributed by atoms with van der Waals surface area (Å²) in [5.41, 5.74) is 0.939. The van der Waals surface area contributed by atoms with E-state index in [1.807, 2.05) is 0 Å². The summed E-state index contributed by atoms with van der Waals surface area (Å²) in [5, 5.41) is 18.4. The molecule has 2 rings (SSSR count).